The molecule has 0 bridgehead atoms. The van der Waals surface area contributed by atoms with Gasteiger partial charge in [0.2, 0.25) is 0 Å². The Morgan fingerprint density at radius 2 is 1.82 bits per heavy atom. The van der Waals surface area contributed by atoms with Crippen molar-refractivity contribution in [3.8, 4) is 0 Å². The highest BCUT2D eigenvalue weighted by atomic mass is 19.4. The Bertz CT molecular complexity index is 497. The molecule has 0 atom stereocenters. The normalized spacial score (nSPS) is 18.1. The van der Waals surface area contributed by atoms with Crippen LogP contribution in [0.25, 0.3) is 0 Å². The highest BCUT2D eigenvalue weighted by Gasteiger charge is 2.42. The molecule has 1 heterocycles. The Morgan fingerprint density at radius 3 is 2.36 bits per heavy atom. The van der Waals surface area contributed by atoms with Crippen LogP contribution in [0, 0.1) is 0 Å². The number of hydrogen-bond acceptors (Lipinski definition) is 3. The zero-order valence-electron chi connectivity index (χ0n) is 12.1. The van der Waals surface area contributed by atoms with Crippen molar-refractivity contribution in [1.29, 1.82) is 0 Å². The molecule has 1 aliphatic heterocycles. The number of rotatable bonds is 3. The fourth-order valence-electron chi connectivity index (χ4n) is 2.52. The lowest BCUT2D eigenvalue weighted by atomic mass is 9.85. The van der Waals surface area contributed by atoms with E-state index in [2.05, 4.69) is 0 Å². The quantitative estimate of drug-likeness (QED) is 0.932. The summed E-state index contributed by atoms with van der Waals surface area (Å²) < 4.78 is 42.6. The van der Waals surface area contributed by atoms with E-state index >= 15 is 0 Å². The molecule has 0 aliphatic carbocycles. The topological polar surface area (TPSA) is 55.6 Å². The van der Waals surface area contributed by atoms with E-state index in [1.165, 1.54) is 4.90 Å². The predicted molar refractivity (Wildman–Crippen MR) is 75.0 cm³/mol. The van der Waals surface area contributed by atoms with Gasteiger partial charge < -0.3 is 15.4 Å². The van der Waals surface area contributed by atoms with E-state index in [1.807, 2.05) is 30.3 Å². The number of benzene rings is 1. The highest BCUT2D eigenvalue weighted by molar-refractivity contribution is 5.67. The summed E-state index contributed by atoms with van der Waals surface area (Å²) in [6.07, 6.45) is -5.59. The van der Waals surface area contributed by atoms with E-state index in [4.69, 9.17) is 10.5 Å². The largest absolute Gasteiger partial charge is 0.445 e. The summed E-state index contributed by atoms with van der Waals surface area (Å²) in [5.41, 5.74) is 5.35. The molecule has 0 spiro atoms. The number of ether oxygens (including phenoxy) is 1. The Hall–Kier alpha value is -1.76. The second-order valence-electron chi connectivity index (χ2n) is 5.68. The van der Waals surface area contributed by atoms with E-state index in [0.29, 0.717) is 0 Å². The van der Waals surface area contributed by atoms with Crippen molar-refractivity contribution in [2.45, 2.75) is 37.6 Å². The van der Waals surface area contributed by atoms with E-state index in [9.17, 15) is 18.0 Å². The van der Waals surface area contributed by atoms with Crippen molar-refractivity contribution in [2.75, 3.05) is 13.1 Å². The summed E-state index contributed by atoms with van der Waals surface area (Å²) >= 11 is 0. The lowest BCUT2D eigenvalue weighted by Crippen LogP contribution is -2.53. The first-order valence-corrected chi connectivity index (χ1v) is 7.09. The first kappa shape index (κ1) is 16.6. The fraction of sp³-hybridized carbons (Fsp3) is 0.533. The van der Waals surface area contributed by atoms with Gasteiger partial charge in [0.15, 0.2) is 0 Å². The molecule has 2 N–H and O–H groups in total. The Kier molecular flexibility index (Phi) is 4.95. The van der Waals surface area contributed by atoms with Gasteiger partial charge in [-0.25, -0.2) is 4.79 Å². The van der Waals surface area contributed by atoms with Gasteiger partial charge in [0.25, 0.3) is 0 Å². The van der Waals surface area contributed by atoms with Crippen molar-refractivity contribution in [1.82, 2.24) is 4.90 Å². The van der Waals surface area contributed by atoms with Crippen LogP contribution in [0.5, 0.6) is 0 Å². The first-order chi connectivity index (χ1) is 10.3. The van der Waals surface area contributed by atoms with E-state index in [-0.39, 0.29) is 32.5 Å². The number of carbonyl (C=O) groups is 1. The van der Waals surface area contributed by atoms with Gasteiger partial charge in [-0.2, -0.15) is 13.2 Å². The molecular formula is C15H19F3N2O2. The summed E-state index contributed by atoms with van der Waals surface area (Å²) in [6.45, 7) is 0.507. The van der Waals surface area contributed by atoms with Crippen LogP contribution in [-0.4, -0.2) is 35.8 Å². The van der Waals surface area contributed by atoms with E-state index < -0.39 is 24.2 Å². The van der Waals surface area contributed by atoms with Gasteiger partial charge in [-0.05, 0) is 18.4 Å². The lowest BCUT2D eigenvalue weighted by Gasteiger charge is -2.39. The first-order valence-electron chi connectivity index (χ1n) is 7.09. The molecule has 1 aromatic carbocycles. The number of nitrogens with two attached hydrogens (primary N) is 1. The average Bonchev–Trinajstić information content (AvgIpc) is 2.44. The molecule has 1 aromatic rings. The van der Waals surface area contributed by atoms with Crippen LogP contribution in [0.15, 0.2) is 30.3 Å². The third-order valence-electron chi connectivity index (χ3n) is 3.78. The molecule has 1 aliphatic rings. The van der Waals surface area contributed by atoms with Crippen LogP contribution >= 0.6 is 0 Å². The smallest absolute Gasteiger partial charge is 0.410 e. The number of carbonyl (C=O) groups excluding carboxylic acids is 1. The van der Waals surface area contributed by atoms with E-state index in [1.54, 1.807) is 0 Å². The standard InChI is InChI=1S/C15H19F3N2O2/c16-15(17,18)11-14(19)6-8-20(9-7-14)13(21)22-10-12-4-2-1-3-5-12/h1-5H,6-11,19H2. The summed E-state index contributed by atoms with van der Waals surface area (Å²) in [7, 11) is 0. The van der Waals surface area contributed by atoms with Gasteiger partial charge in [-0.15, -0.1) is 0 Å². The molecule has 22 heavy (non-hydrogen) atoms. The van der Waals surface area contributed by atoms with Crippen LogP contribution in [-0.2, 0) is 11.3 Å². The van der Waals surface area contributed by atoms with Crippen LogP contribution in [0.2, 0.25) is 0 Å². The molecule has 1 fully saturated rings. The molecule has 4 nitrogen and oxygen atoms in total. The number of amides is 1. The maximum atomic E-state index is 12.5. The molecule has 0 radical (unpaired) electrons. The molecule has 0 unspecified atom stereocenters. The van der Waals surface area contributed by atoms with Crippen molar-refractivity contribution in [3.63, 3.8) is 0 Å². The number of piperidine rings is 1. The zero-order chi connectivity index (χ0) is 16.2. The third kappa shape index (κ3) is 4.91. The van der Waals surface area contributed by atoms with Crippen molar-refractivity contribution in [2.24, 2.45) is 5.73 Å². The molecule has 1 saturated heterocycles. The molecule has 0 saturated carbocycles. The Morgan fingerprint density at radius 1 is 1.23 bits per heavy atom. The van der Waals surface area contributed by atoms with Crippen LogP contribution in [0.3, 0.4) is 0 Å². The van der Waals surface area contributed by atoms with Gasteiger partial charge in [0.05, 0.1) is 6.42 Å². The molecule has 2 rings (SSSR count). The van der Waals surface area contributed by atoms with Gasteiger partial charge in [-0.3, -0.25) is 0 Å². The zero-order valence-corrected chi connectivity index (χ0v) is 12.1. The highest BCUT2D eigenvalue weighted by Crippen LogP contribution is 2.32. The minimum atomic E-state index is -4.29. The summed E-state index contributed by atoms with van der Waals surface area (Å²) in [5.74, 6) is 0. The van der Waals surface area contributed by atoms with Gasteiger partial charge in [0, 0.05) is 18.6 Å². The maximum absolute atomic E-state index is 12.5. The fourth-order valence-corrected chi connectivity index (χ4v) is 2.52. The van der Waals surface area contributed by atoms with Gasteiger partial charge in [0.1, 0.15) is 6.61 Å². The van der Waals surface area contributed by atoms with Crippen LogP contribution < -0.4 is 5.73 Å². The summed E-state index contributed by atoms with van der Waals surface area (Å²) in [6, 6.07) is 9.20. The Labute approximate surface area is 127 Å². The van der Waals surface area contributed by atoms with Crippen LogP contribution in [0.1, 0.15) is 24.8 Å². The maximum Gasteiger partial charge on any atom is 0.410 e. The number of likely N-dealkylation sites (tertiary alicyclic amines) is 1. The lowest BCUT2D eigenvalue weighted by molar-refractivity contribution is -0.150. The molecule has 0 aromatic heterocycles. The monoisotopic (exact) mass is 316 g/mol. The molecule has 7 heteroatoms. The van der Waals surface area contributed by atoms with Crippen LogP contribution in [0.4, 0.5) is 18.0 Å². The third-order valence-corrected chi connectivity index (χ3v) is 3.78. The number of alkyl halides is 3. The van der Waals surface area contributed by atoms with Crippen molar-refractivity contribution < 1.29 is 22.7 Å². The van der Waals surface area contributed by atoms with Crippen molar-refractivity contribution in [3.05, 3.63) is 35.9 Å². The average molecular weight is 316 g/mol. The molecule has 122 valence electrons. The predicted octanol–water partition coefficient (Wildman–Crippen LogP) is 3.07. The summed E-state index contributed by atoms with van der Waals surface area (Å²) in [4.78, 5) is 13.3. The second kappa shape index (κ2) is 6.56. The van der Waals surface area contributed by atoms with E-state index in [0.717, 1.165) is 5.56 Å². The number of nitrogens with zero attached hydrogens (tertiary/aromatic N) is 1. The number of hydrogen-bond donors (Lipinski definition) is 1. The minimum absolute atomic E-state index is 0.118. The minimum Gasteiger partial charge on any atom is -0.445 e. The SMILES string of the molecule is NC1(CC(F)(F)F)CCN(C(=O)OCc2ccccc2)CC1. The van der Waals surface area contributed by atoms with Gasteiger partial charge >= 0.3 is 12.3 Å². The second-order valence-corrected chi connectivity index (χ2v) is 5.68. The Balaban J connectivity index is 1.80. The van der Waals surface area contributed by atoms with Crippen molar-refractivity contribution >= 4 is 6.09 Å². The summed E-state index contributed by atoms with van der Waals surface area (Å²) in [5, 5.41) is 0. The van der Waals surface area contributed by atoms with Gasteiger partial charge in [-0.1, -0.05) is 30.3 Å². The molecule has 1 amide bonds. The number of halogens is 3. The molecular weight excluding hydrogens is 297 g/mol.